The molecule has 7 aromatic carbocycles. The highest BCUT2D eigenvalue weighted by Gasteiger charge is 2.19. The summed E-state index contributed by atoms with van der Waals surface area (Å²) < 4.78 is 10.7. The van der Waals surface area contributed by atoms with Crippen LogP contribution in [0.3, 0.4) is 0 Å². The van der Waals surface area contributed by atoms with E-state index in [1.54, 1.807) is 6.20 Å². The predicted octanol–water partition coefficient (Wildman–Crippen LogP) is 14.6. The largest absolute Gasteiger partial charge is 0.454 e. The number of benzene rings is 7. The van der Waals surface area contributed by atoms with E-state index in [1.807, 2.05) is 30.3 Å². The number of rotatable bonds is 6. The van der Waals surface area contributed by atoms with Crippen LogP contribution in [0.15, 0.2) is 217 Å². The molecular formula is C57H35N5O. The van der Waals surface area contributed by atoms with Crippen molar-refractivity contribution in [3.8, 4) is 56.4 Å². The first-order valence-electron chi connectivity index (χ1n) is 21.2. The Morgan fingerprint density at radius 1 is 0.333 bits per heavy atom. The number of fused-ring (bicyclic) bond motifs is 9. The van der Waals surface area contributed by atoms with Crippen LogP contribution in [0.4, 0.5) is 0 Å². The molecule has 0 saturated carbocycles. The van der Waals surface area contributed by atoms with Crippen molar-refractivity contribution in [2.45, 2.75) is 0 Å². The molecule has 0 aliphatic carbocycles. The van der Waals surface area contributed by atoms with E-state index >= 15 is 0 Å². The molecule has 6 nitrogen and oxygen atoms in total. The Bertz CT molecular complexity index is 3860. The maximum Gasteiger partial charge on any atom is 0.153 e. The van der Waals surface area contributed by atoms with Crippen LogP contribution in [-0.2, 0) is 0 Å². The van der Waals surface area contributed by atoms with Crippen molar-refractivity contribution in [2.75, 3.05) is 0 Å². The van der Waals surface area contributed by atoms with Crippen molar-refractivity contribution in [1.29, 1.82) is 0 Å². The molecule has 13 rings (SSSR count). The summed E-state index contributed by atoms with van der Waals surface area (Å²) in [6.07, 6.45) is 1.81. The molecule has 0 saturated heterocycles. The van der Waals surface area contributed by atoms with Crippen molar-refractivity contribution in [2.24, 2.45) is 0 Å². The summed E-state index contributed by atoms with van der Waals surface area (Å²) in [7, 11) is 0. The number of aromatic nitrogens is 5. The van der Waals surface area contributed by atoms with Crippen molar-refractivity contribution in [1.82, 2.24) is 24.1 Å². The van der Waals surface area contributed by atoms with Gasteiger partial charge >= 0.3 is 0 Å². The molecule has 0 fully saturated rings. The van der Waals surface area contributed by atoms with Crippen LogP contribution < -0.4 is 0 Å². The Kier molecular flexibility index (Phi) is 7.80. The third-order valence-electron chi connectivity index (χ3n) is 12.4. The summed E-state index contributed by atoms with van der Waals surface area (Å²) in [5.74, 6) is 0.859. The Balaban J connectivity index is 0.938. The minimum atomic E-state index is 0.780. The van der Waals surface area contributed by atoms with Crippen LogP contribution >= 0.6 is 0 Å². The van der Waals surface area contributed by atoms with Gasteiger partial charge in [0, 0.05) is 49.8 Å². The predicted molar refractivity (Wildman–Crippen MR) is 258 cm³/mol. The lowest BCUT2D eigenvalue weighted by Crippen LogP contribution is -1.98. The fourth-order valence-electron chi connectivity index (χ4n) is 9.45. The summed E-state index contributed by atoms with van der Waals surface area (Å²) in [5.41, 5.74) is 16.3. The molecule has 6 aromatic heterocycles. The van der Waals surface area contributed by atoms with Gasteiger partial charge in [-0.05, 0) is 102 Å². The highest BCUT2D eigenvalue weighted by atomic mass is 16.3. The number of para-hydroxylation sites is 2. The Hall–Kier alpha value is -8.61. The van der Waals surface area contributed by atoms with Gasteiger partial charge in [-0.3, -0.25) is 9.55 Å². The van der Waals surface area contributed by atoms with Crippen molar-refractivity contribution < 1.29 is 4.42 Å². The normalized spacial score (nSPS) is 11.8. The minimum absolute atomic E-state index is 0.780. The molecule has 0 bridgehead atoms. The van der Waals surface area contributed by atoms with Crippen LogP contribution in [0, 0.1) is 0 Å². The lowest BCUT2D eigenvalue weighted by molar-refractivity contribution is 0.668. The fourth-order valence-corrected chi connectivity index (χ4v) is 9.45. The lowest BCUT2D eigenvalue weighted by Gasteiger charge is -2.13. The van der Waals surface area contributed by atoms with Gasteiger partial charge in [-0.2, -0.15) is 0 Å². The second-order valence-electron chi connectivity index (χ2n) is 16.0. The molecule has 0 aliphatic heterocycles. The molecule has 6 heteroatoms. The van der Waals surface area contributed by atoms with E-state index in [1.165, 1.54) is 21.5 Å². The molecule has 0 spiro atoms. The third-order valence-corrected chi connectivity index (χ3v) is 12.4. The Labute approximate surface area is 361 Å². The highest BCUT2D eigenvalue weighted by Crippen LogP contribution is 2.40. The smallest absolute Gasteiger partial charge is 0.153 e. The average molecular weight is 806 g/mol. The first-order chi connectivity index (χ1) is 31.2. The van der Waals surface area contributed by atoms with E-state index in [0.717, 1.165) is 101 Å². The summed E-state index contributed by atoms with van der Waals surface area (Å²) in [4.78, 5) is 15.1. The summed E-state index contributed by atoms with van der Waals surface area (Å²) in [6.45, 7) is 0. The van der Waals surface area contributed by atoms with E-state index in [-0.39, 0.29) is 0 Å². The molecule has 6 heterocycles. The van der Waals surface area contributed by atoms with Crippen LogP contribution in [0.25, 0.3) is 122 Å². The monoisotopic (exact) mass is 805 g/mol. The standard InChI is InChI=1S/C57H35N5O/c1-3-13-36(14-4-1)48-34-41(35-49(59-48)37-15-5-2-6-16-37)61-50-20-9-7-17-42(50)44-31-38(24-27-52(44)61)39-25-28-53-45(32-39)43-18-8-10-21-51(43)62(53)56-23-11-19-47(60-56)40-26-29-54-46(33-40)57-55(63-54)22-12-30-58-57/h1-35H. The number of furan rings is 1. The first kappa shape index (κ1) is 35.2. The van der Waals surface area contributed by atoms with Gasteiger partial charge in [0.1, 0.15) is 16.9 Å². The maximum absolute atomic E-state index is 6.07. The summed E-state index contributed by atoms with van der Waals surface area (Å²) in [5, 5.41) is 5.73. The first-order valence-corrected chi connectivity index (χ1v) is 21.2. The number of pyridine rings is 3. The zero-order chi connectivity index (χ0) is 41.4. The number of hydrogen-bond acceptors (Lipinski definition) is 4. The van der Waals surface area contributed by atoms with Crippen LogP contribution in [-0.4, -0.2) is 24.1 Å². The van der Waals surface area contributed by atoms with E-state index < -0.39 is 0 Å². The van der Waals surface area contributed by atoms with Crippen molar-refractivity contribution in [3.63, 3.8) is 0 Å². The van der Waals surface area contributed by atoms with Gasteiger partial charge in [-0.1, -0.05) is 115 Å². The molecule has 0 radical (unpaired) electrons. The van der Waals surface area contributed by atoms with Gasteiger partial charge in [-0.15, -0.1) is 0 Å². The second-order valence-corrected chi connectivity index (χ2v) is 16.0. The molecular weight excluding hydrogens is 771 g/mol. The molecule has 63 heavy (non-hydrogen) atoms. The molecule has 0 unspecified atom stereocenters. The van der Waals surface area contributed by atoms with E-state index in [9.17, 15) is 0 Å². The number of hydrogen-bond donors (Lipinski definition) is 0. The molecule has 0 aliphatic rings. The van der Waals surface area contributed by atoms with Gasteiger partial charge in [-0.25, -0.2) is 9.97 Å². The summed E-state index contributed by atoms with van der Waals surface area (Å²) in [6, 6.07) is 72.7. The van der Waals surface area contributed by atoms with Gasteiger partial charge < -0.3 is 8.98 Å². The van der Waals surface area contributed by atoms with Gasteiger partial charge in [0.15, 0.2) is 5.58 Å². The molecule has 0 N–H and O–H groups in total. The van der Waals surface area contributed by atoms with Gasteiger partial charge in [0.25, 0.3) is 0 Å². The van der Waals surface area contributed by atoms with Crippen molar-refractivity contribution in [3.05, 3.63) is 212 Å². The number of nitrogens with zero attached hydrogens (tertiary/aromatic N) is 5. The van der Waals surface area contributed by atoms with Crippen molar-refractivity contribution >= 4 is 65.7 Å². The second kappa shape index (κ2) is 14.0. The van der Waals surface area contributed by atoms with Crippen LogP contribution in [0.1, 0.15) is 0 Å². The van der Waals surface area contributed by atoms with E-state index in [4.69, 9.17) is 14.4 Å². The molecule has 294 valence electrons. The maximum atomic E-state index is 6.07. The third kappa shape index (κ3) is 5.69. The van der Waals surface area contributed by atoms with Gasteiger partial charge in [0.05, 0.1) is 44.8 Å². The Morgan fingerprint density at radius 2 is 0.905 bits per heavy atom. The van der Waals surface area contributed by atoms with Crippen LogP contribution in [0.2, 0.25) is 0 Å². The zero-order valence-electron chi connectivity index (χ0n) is 33.9. The molecule has 13 aromatic rings. The molecule has 0 amide bonds. The zero-order valence-corrected chi connectivity index (χ0v) is 33.9. The van der Waals surface area contributed by atoms with Gasteiger partial charge in [0.2, 0.25) is 0 Å². The highest BCUT2D eigenvalue weighted by molar-refractivity contribution is 6.13. The average Bonchev–Trinajstić information content (AvgIpc) is 4.01. The lowest BCUT2D eigenvalue weighted by atomic mass is 10.0. The van der Waals surface area contributed by atoms with E-state index in [2.05, 4.69) is 190 Å². The molecule has 0 atom stereocenters. The topological polar surface area (TPSA) is 61.7 Å². The SMILES string of the molecule is c1ccc(-c2cc(-n3c4ccccc4c4cc(-c5ccc6c(c5)c5ccccc5n6-c5cccc(-c6ccc7oc8cccnc8c7c6)n5)ccc43)cc(-c3ccccc3)n2)cc1. The quantitative estimate of drug-likeness (QED) is 0.168. The van der Waals surface area contributed by atoms with E-state index in [0.29, 0.717) is 0 Å². The summed E-state index contributed by atoms with van der Waals surface area (Å²) >= 11 is 0. The Morgan fingerprint density at radius 3 is 1.59 bits per heavy atom. The van der Waals surface area contributed by atoms with Crippen LogP contribution in [0.5, 0.6) is 0 Å². The minimum Gasteiger partial charge on any atom is -0.454 e. The fraction of sp³-hybridized carbons (Fsp3) is 0.